The number of hydrogen-bond donors (Lipinski definition) is 0. The average Bonchev–Trinajstić information content (AvgIpc) is 3.15. The summed E-state index contributed by atoms with van der Waals surface area (Å²) in [5.74, 6) is 0. The third-order valence-corrected chi connectivity index (χ3v) is 4.90. The van der Waals surface area contributed by atoms with E-state index in [4.69, 9.17) is 4.74 Å². The molecule has 0 saturated carbocycles. The van der Waals surface area contributed by atoms with E-state index in [2.05, 4.69) is 5.10 Å². The zero-order chi connectivity index (χ0) is 16.7. The van der Waals surface area contributed by atoms with E-state index in [1.807, 2.05) is 20.7 Å². The maximum absolute atomic E-state index is 12.4. The van der Waals surface area contributed by atoms with E-state index in [9.17, 15) is 9.59 Å². The van der Waals surface area contributed by atoms with Crippen molar-refractivity contribution in [3.8, 4) is 0 Å². The normalized spacial score (nSPS) is 22.3. The Morgan fingerprint density at radius 1 is 1.17 bits per heavy atom. The molecule has 24 heavy (non-hydrogen) atoms. The molecular formula is C15H22N6O3. The predicted octanol–water partition coefficient (Wildman–Crippen LogP) is 0.0638. The molecule has 3 aliphatic rings. The van der Waals surface area contributed by atoms with Crippen LogP contribution in [0.4, 0.5) is 15.3 Å². The second kappa shape index (κ2) is 5.97. The summed E-state index contributed by atoms with van der Waals surface area (Å²) in [6.45, 7) is 5.29. The molecule has 4 amide bonds. The van der Waals surface area contributed by atoms with Crippen LogP contribution in [0.25, 0.3) is 0 Å². The first kappa shape index (κ1) is 15.3. The van der Waals surface area contributed by atoms with Crippen LogP contribution in [0.1, 0.15) is 6.04 Å². The number of likely N-dealkylation sites (tertiary alicyclic amines) is 1. The first-order chi connectivity index (χ1) is 11.6. The van der Waals surface area contributed by atoms with Crippen LogP contribution < -0.4 is 4.90 Å². The van der Waals surface area contributed by atoms with Crippen LogP contribution in [0.15, 0.2) is 12.4 Å². The zero-order valence-corrected chi connectivity index (χ0v) is 13.8. The van der Waals surface area contributed by atoms with E-state index in [1.54, 1.807) is 23.0 Å². The van der Waals surface area contributed by atoms with Crippen molar-refractivity contribution in [2.24, 2.45) is 0 Å². The smallest absolute Gasteiger partial charge is 0.324 e. The van der Waals surface area contributed by atoms with Crippen molar-refractivity contribution >= 4 is 17.7 Å². The minimum Gasteiger partial charge on any atom is -0.378 e. The Balaban J connectivity index is 1.34. The molecule has 130 valence electrons. The van der Waals surface area contributed by atoms with Crippen LogP contribution in [0.2, 0.25) is 0 Å². The van der Waals surface area contributed by atoms with E-state index in [0.29, 0.717) is 45.9 Å². The zero-order valence-electron chi connectivity index (χ0n) is 13.8. The molecule has 4 heterocycles. The second-order valence-electron chi connectivity index (χ2n) is 6.48. The van der Waals surface area contributed by atoms with Crippen molar-refractivity contribution < 1.29 is 14.3 Å². The Hall–Kier alpha value is -2.29. The van der Waals surface area contributed by atoms with Crippen molar-refractivity contribution in [3.05, 3.63) is 12.4 Å². The van der Waals surface area contributed by atoms with Gasteiger partial charge in [0.1, 0.15) is 0 Å². The summed E-state index contributed by atoms with van der Waals surface area (Å²) in [4.78, 5) is 31.5. The van der Waals surface area contributed by atoms with Crippen molar-refractivity contribution in [3.63, 3.8) is 0 Å². The van der Waals surface area contributed by atoms with Gasteiger partial charge in [-0.3, -0.25) is 9.58 Å². The van der Waals surface area contributed by atoms with E-state index >= 15 is 0 Å². The molecule has 1 aromatic heterocycles. The van der Waals surface area contributed by atoms with Gasteiger partial charge in [0.15, 0.2) is 0 Å². The summed E-state index contributed by atoms with van der Waals surface area (Å²) in [6.07, 6.45) is 3.63. The van der Waals surface area contributed by atoms with Crippen LogP contribution in [-0.4, -0.2) is 96.1 Å². The SMILES string of the molecule is CN1CCN(c2cnn(C3CN(C(=O)N4CCOCC4)C3)c2)C1=O. The number of aromatic nitrogens is 2. The third kappa shape index (κ3) is 2.58. The van der Waals surface area contributed by atoms with Crippen molar-refractivity contribution in [2.45, 2.75) is 6.04 Å². The molecule has 9 nitrogen and oxygen atoms in total. The van der Waals surface area contributed by atoms with Gasteiger partial charge in [0.2, 0.25) is 0 Å². The van der Waals surface area contributed by atoms with Gasteiger partial charge < -0.3 is 19.4 Å². The summed E-state index contributed by atoms with van der Waals surface area (Å²) in [7, 11) is 1.80. The van der Waals surface area contributed by atoms with Gasteiger partial charge in [-0.2, -0.15) is 5.10 Å². The summed E-state index contributed by atoms with van der Waals surface area (Å²) < 4.78 is 7.14. The van der Waals surface area contributed by atoms with Gasteiger partial charge in [-0.1, -0.05) is 0 Å². The van der Waals surface area contributed by atoms with E-state index < -0.39 is 0 Å². The first-order valence-corrected chi connectivity index (χ1v) is 8.32. The minimum atomic E-state index is 0.00674. The number of carbonyl (C=O) groups is 2. The molecule has 0 aliphatic carbocycles. The lowest BCUT2D eigenvalue weighted by Gasteiger charge is -2.42. The average molecular weight is 334 g/mol. The number of rotatable bonds is 2. The molecule has 9 heteroatoms. The molecule has 0 N–H and O–H groups in total. The molecule has 0 unspecified atom stereocenters. The number of ether oxygens (including phenoxy) is 1. The minimum absolute atomic E-state index is 0.00674. The summed E-state index contributed by atoms with van der Waals surface area (Å²) in [6, 6.07) is 0.268. The fraction of sp³-hybridized carbons (Fsp3) is 0.667. The van der Waals surface area contributed by atoms with Crippen molar-refractivity contribution in [1.29, 1.82) is 0 Å². The lowest BCUT2D eigenvalue weighted by Crippen LogP contribution is -2.57. The molecule has 3 fully saturated rings. The molecule has 0 aromatic carbocycles. The molecule has 4 rings (SSSR count). The molecule has 3 saturated heterocycles. The van der Waals surface area contributed by atoms with Crippen LogP contribution in [0, 0.1) is 0 Å². The predicted molar refractivity (Wildman–Crippen MR) is 86.0 cm³/mol. The molecule has 0 spiro atoms. The van der Waals surface area contributed by atoms with Gasteiger partial charge in [-0.05, 0) is 0 Å². The number of amides is 4. The number of morpholine rings is 1. The molecule has 1 aromatic rings. The number of carbonyl (C=O) groups excluding carboxylic acids is 2. The van der Waals surface area contributed by atoms with Crippen molar-refractivity contribution in [2.75, 3.05) is 64.4 Å². The topological polar surface area (TPSA) is 74.2 Å². The summed E-state index contributed by atoms with van der Waals surface area (Å²) >= 11 is 0. The molecule has 3 aliphatic heterocycles. The first-order valence-electron chi connectivity index (χ1n) is 8.32. The molecule has 0 bridgehead atoms. The summed E-state index contributed by atoms with van der Waals surface area (Å²) in [5, 5.41) is 4.38. The largest absolute Gasteiger partial charge is 0.378 e. The highest BCUT2D eigenvalue weighted by Crippen LogP contribution is 2.26. The highest BCUT2D eigenvalue weighted by Gasteiger charge is 2.36. The second-order valence-corrected chi connectivity index (χ2v) is 6.48. The standard InChI is InChI=1S/C15H22N6O3/c1-17-2-3-20(14(17)22)12-8-16-21(11-12)13-9-19(10-13)15(23)18-4-6-24-7-5-18/h8,11,13H,2-7,9-10H2,1H3. The monoisotopic (exact) mass is 334 g/mol. The quantitative estimate of drug-likeness (QED) is 0.767. The Bertz CT molecular complexity index is 635. The maximum Gasteiger partial charge on any atom is 0.324 e. The fourth-order valence-corrected chi connectivity index (χ4v) is 3.29. The Morgan fingerprint density at radius 3 is 2.58 bits per heavy atom. The van der Waals surface area contributed by atoms with Crippen molar-refractivity contribution in [1.82, 2.24) is 24.5 Å². The molecule has 0 atom stereocenters. The van der Waals surface area contributed by atoms with Crippen LogP contribution >= 0.6 is 0 Å². The number of urea groups is 2. The van der Waals surface area contributed by atoms with Gasteiger partial charge in [0, 0.05) is 52.5 Å². The Labute approximate surface area is 140 Å². The lowest BCUT2D eigenvalue weighted by molar-refractivity contribution is 0.0290. The van der Waals surface area contributed by atoms with Crippen LogP contribution in [-0.2, 0) is 4.74 Å². The highest BCUT2D eigenvalue weighted by atomic mass is 16.5. The Kier molecular flexibility index (Phi) is 3.79. The van der Waals surface area contributed by atoms with Gasteiger partial charge in [0.25, 0.3) is 0 Å². The maximum atomic E-state index is 12.4. The van der Waals surface area contributed by atoms with Crippen LogP contribution in [0.3, 0.4) is 0 Å². The van der Waals surface area contributed by atoms with Crippen LogP contribution in [0.5, 0.6) is 0 Å². The Morgan fingerprint density at radius 2 is 1.92 bits per heavy atom. The van der Waals surface area contributed by atoms with Gasteiger partial charge in [-0.15, -0.1) is 0 Å². The van der Waals surface area contributed by atoms with Gasteiger partial charge in [-0.25, -0.2) is 9.59 Å². The van der Waals surface area contributed by atoms with E-state index in [0.717, 1.165) is 12.2 Å². The van der Waals surface area contributed by atoms with Gasteiger partial charge >= 0.3 is 12.1 Å². The summed E-state index contributed by atoms with van der Waals surface area (Å²) in [5.41, 5.74) is 0.822. The number of likely N-dealkylation sites (N-methyl/N-ethyl adjacent to an activating group) is 1. The van der Waals surface area contributed by atoms with E-state index in [1.165, 1.54) is 0 Å². The highest BCUT2D eigenvalue weighted by molar-refractivity contribution is 5.93. The fourth-order valence-electron chi connectivity index (χ4n) is 3.29. The van der Waals surface area contributed by atoms with E-state index in [-0.39, 0.29) is 18.1 Å². The number of anilines is 1. The lowest BCUT2D eigenvalue weighted by atomic mass is 10.1. The molecular weight excluding hydrogens is 312 g/mol. The number of hydrogen-bond acceptors (Lipinski definition) is 4. The third-order valence-electron chi connectivity index (χ3n) is 4.90. The molecule has 0 radical (unpaired) electrons. The van der Waals surface area contributed by atoms with Gasteiger partial charge in [0.05, 0.1) is 31.1 Å². The number of nitrogens with zero attached hydrogens (tertiary/aromatic N) is 6.